The van der Waals surface area contributed by atoms with Crippen molar-refractivity contribution in [3.8, 4) is 0 Å². The van der Waals surface area contributed by atoms with Crippen molar-refractivity contribution in [3.05, 3.63) is 0 Å². The standard InChI is InChI=1S/C20H31F13N2O7SSi/c1-4-40-44(41-5-2,42-6-3)13-7-9-34-14(36)39-11-10-35-43(37,38)12-8-15(21,22)16(23,24)17(25,26)18(27,28)19(29,30)20(31,32)33/h35H,4-13H2,1-3H3,(H,34,36). The average molecular weight is 719 g/mol. The van der Waals surface area contributed by atoms with Gasteiger partial charge in [0.05, 0.1) is 5.75 Å². The Labute approximate surface area is 244 Å². The molecule has 2 N–H and O–H groups in total. The van der Waals surface area contributed by atoms with E-state index in [1.54, 1.807) is 20.8 Å². The first-order valence-electron chi connectivity index (χ1n) is 12.5. The third-order valence-electron chi connectivity index (χ3n) is 5.36. The van der Waals surface area contributed by atoms with Gasteiger partial charge in [0, 0.05) is 45.4 Å². The van der Waals surface area contributed by atoms with Crippen LogP contribution in [0.4, 0.5) is 61.9 Å². The third-order valence-corrected chi connectivity index (χ3v) is 9.90. The lowest BCUT2D eigenvalue weighted by Gasteiger charge is -2.39. The predicted molar refractivity (Wildman–Crippen MR) is 127 cm³/mol. The van der Waals surface area contributed by atoms with Crippen LogP contribution in [0.3, 0.4) is 0 Å². The molecular formula is C20H31F13N2O7SSi. The number of hydrogen-bond donors (Lipinski definition) is 2. The second kappa shape index (κ2) is 15.8. The minimum Gasteiger partial charge on any atom is -0.448 e. The van der Waals surface area contributed by atoms with E-state index in [-0.39, 0.29) is 13.0 Å². The molecule has 264 valence electrons. The fourth-order valence-corrected chi connectivity index (χ4v) is 6.86. The highest BCUT2D eigenvalue weighted by atomic mass is 32.2. The lowest BCUT2D eigenvalue weighted by Crippen LogP contribution is -2.70. The first-order valence-corrected chi connectivity index (χ1v) is 16.1. The van der Waals surface area contributed by atoms with Gasteiger partial charge in [-0.25, -0.2) is 17.9 Å². The molecule has 0 atom stereocenters. The summed E-state index contributed by atoms with van der Waals surface area (Å²) in [5.74, 6) is -40.3. The minimum atomic E-state index is -8.08. The normalized spacial score (nSPS) is 14.5. The van der Waals surface area contributed by atoms with Crippen molar-refractivity contribution in [3.63, 3.8) is 0 Å². The summed E-state index contributed by atoms with van der Waals surface area (Å²) in [5.41, 5.74) is 0. The van der Waals surface area contributed by atoms with Gasteiger partial charge in [0.25, 0.3) is 0 Å². The van der Waals surface area contributed by atoms with Crippen LogP contribution >= 0.6 is 0 Å². The Bertz CT molecular complexity index is 1000. The molecule has 0 heterocycles. The first kappa shape index (κ1) is 42.4. The molecule has 0 saturated carbocycles. The number of rotatable bonds is 21. The highest BCUT2D eigenvalue weighted by Gasteiger charge is 2.90. The molecule has 24 heteroatoms. The zero-order valence-corrected chi connectivity index (χ0v) is 25.1. The van der Waals surface area contributed by atoms with Gasteiger partial charge in [0.2, 0.25) is 10.0 Å². The molecule has 1 amide bonds. The molecule has 0 bridgehead atoms. The van der Waals surface area contributed by atoms with Crippen LogP contribution in [0.1, 0.15) is 33.6 Å². The number of carbonyl (C=O) groups excluding carboxylic acids is 1. The number of nitrogens with one attached hydrogen (secondary N) is 2. The lowest BCUT2D eigenvalue weighted by atomic mass is 9.93. The van der Waals surface area contributed by atoms with E-state index >= 15 is 0 Å². The molecule has 0 fully saturated rings. The van der Waals surface area contributed by atoms with Gasteiger partial charge in [0.1, 0.15) is 6.61 Å². The van der Waals surface area contributed by atoms with Crippen molar-refractivity contribution >= 4 is 24.9 Å². The fourth-order valence-electron chi connectivity index (χ4n) is 3.18. The SMILES string of the molecule is CCO[Si](CCCNC(=O)OCCNS(=O)(=O)CCC(F)(F)C(F)(F)C(F)(F)C(F)(F)C(F)(F)C(F)(F)F)(OCC)OCC. The zero-order valence-electron chi connectivity index (χ0n) is 23.3. The van der Waals surface area contributed by atoms with Gasteiger partial charge in [-0.3, -0.25) is 0 Å². The number of hydrogen-bond acceptors (Lipinski definition) is 7. The highest BCUT2D eigenvalue weighted by Crippen LogP contribution is 2.60. The van der Waals surface area contributed by atoms with Gasteiger partial charge in [0.15, 0.2) is 0 Å². The molecule has 0 rings (SSSR count). The second-order valence-corrected chi connectivity index (χ2v) is 13.3. The van der Waals surface area contributed by atoms with E-state index in [1.165, 1.54) is 4.72 Å². The van der Waals surface area contributed by atoms with Crippen molar-refractivity contribution < 1.29 is 88.3 Å². The van der Waals surface area contributed by atoms with Crippen molar-refractivity contribution in [2.75, 3.05) is 45.3 Å². The summed E-state index contributed by atoms with van der Waals surface area (Å²) in [6.45, 7) is 4.32. The molecule has 0 aromatic heterocycles. The van der Waals surface area contributed by atoms with Gasteiger partial charge in [-0.15, -0.1) is 0 Å². The summed E-state index contributed by atoms with van der Waals surface area (Å²) >= 11 is 0. The van der Waals surface area contributed by atoms with Gasteiger partial charge >= 0.3 is 50.7 Å². The Morgan fingerprint density at radius 2 is 1.16 bits per heavy atom. The van der Waals surface area contributed by atoms with E-state index in [0.29, 0.717) is 25.9 Å². The quantitative estimate of drug-likeness (QED) is 0.0954. The van der Waals surface area contributed by atoms with E-state index in [1.807, 2.05) is 0 Å². The Kier molecular flexibility index (Phi) is 15.2. The van der Waals surface area contributed by atoms with Gasteiger partial charge in [-0.05, 0) is 27.2 Å². The molecule has 0 aliphatic rings. The summed E-state index contributed by atoms with van der Waals surface area (Å²) in [6, 6.07) is 0.292. The third kappa shape index (κ3) is 10.2. The molecule has 0 spiro atoms. The number of carbonyl (C=O) groups is 1. The number of ether oxygens (including phenoxy) is 1. The topological polar surface area (TPSA) is 112 Å². The van der Waals surface area contributed by atoms with Crippen LogP contribution in [0.15, 0.2) is 0 Å². The van der Waals surface area contributed by atoms with Crippen molar-refractivity contribution in [2.24, 2.45) is 0 Å². The number of amides is 1. The molecule has 44 heavy (non-hydrogen) atoms. The van der Waals surface area contributed by atoms with Crippen LogP contribution in [0.5, 0.6) is 0 Å². The monoisotopic (exact) mass is 718 g/mol. The molecular weight excluding hydrogens is 687 g/mol. The summed E-state index contributed by atoms with van der Waals surface area (Å²) < 4.78 is 217. The van der Waals surface area contributed by atoms with Crippen LogP contribution in [0, 0.1) is 0 Å². The number of halogens is 13. The van der Waals surface area contributed by atoms with Crippen LogP contribution in [-0.2, 0) is 28.0 Å². The summed E-state index contributed by atoms with van der Waals surface area (Å²) in [6.07, 6.45) is -11.3. The van der Waals surface area contributed by atoms with Gasteiger partial charge in [-0.1, -0.05) is 0 Å². The Morgan fingerprint density at radius 1 is 0.705 bits per heavy atom. The Morgan fingerprint density at radius 3 is 1.59 bits per heavy atom. The van der Waals surface area contributed by atoms with E-state index in [4.69, 9.17) is 13.3 Å². The smallest absolute Gasteiger partial charge is 0.448 e. The van der Waals surface area contributed by atoms with Crippen LogP contribution < -0.4 is 10.0 Å². The Balaban J connectivity index is 5.01. The average Bonchev–Trinajstić information content (AvgIpc) is 2.87. The number of alkyl carbamates (subject to hydrolysis) is 1. The maximum Gasteiger partial charge on any atom is 0.500 e. The van der Waals surface area contributed by atoms with Crippen molar-refractivity contribution in [1.82, 2.24) is 10.0 Å². The van der Waals surface area contributed by atoms with Gasteiger partial charge in [-0.2, -0.15) is 57.1 Å². The molecule has 0 aromatic rings. The Hall–Kier alpha value is -1.63. The van der Waals surface area contributed by atoms with Crippen LogP contribution in [-0.4, -0.2) is 104 Å². The maximum atomic E-state index is 13.8. The molecule has 0 unspecified atom stereocenters. The first-order chi connectivity index (χ1) is 19.7. The van der Waals surface area contributed by atoms with E-state index < -0.39 is 86.0 Å². The lowest BCUT2D eigenvalue weighted by molar-refractivity contribution is -0.439. The summed E-state index contributed by atoms with van der Waals surface area (Å²) in [4.78, 5) is 11.7. The van der Waals surface area contributed by atoms with E-state index in [9.17, 15) is 70.3 Å². The van der Waals surface area contributed by atoms with E-state index in [0.717, 1.165) is 0 Å². The molecule has 9 nitrogen and oxygen atoms in total. The van der Waals surface area contributed by atoms with Crippen molar-refractivity contribution in [2.45, 2.75) is 75.4 Å². The van der Waals surface area contributed by atoms with Gasteiger partial charge < -0.3 is 23.3 Å². The number of sulfonamides is 1. The fraction of sp³-hybridized carbons (Fsp3) is 0.950. The summed E-state index contributed by atoms with van der Waals surface area (Å²) in [5, 5.41) is 2.27. The number of alkyl halides is 13. The molecule has 0 saturated heterocycles. The van der Waals surface area contributed by atoms with E-state index in [2.05, 4.69) is 10.1 Å². The second-order valence-electron chi connectivity index (χ2n) is 8.61. The van der Waals surface area contributed by atoms with Crippen LogP contribution in [0.2, 0.25) is 6.04 Å². The van der Waals surface area contributed by atoms with Crippen molar-refractivity contribution in [1.29, 1.82) is 0 Å². The maximum absolute atomic E-state index is 13.8. The zero-order chi connectivity index (χ0) is 34.9. The minimum absolute atomic E-state index is 0.00555. The molecule has 0 radical (unpaired) electrons. The summed E-state index contributed by atoms with van der Waals surface area (Å²) in [7, 11) is -8.15. The highest BCUT2D eigenvalue weighted by molar-refractivity contribution is 7.89. The predicted octanol–water partition coefficient (Wildman–Crippen LogP) is 5.20. The molecule has 0 aliphatic carbocycles. The largest absolute Gasteiger partial charge is 0.500 e. The van der Waals surface area contributed by atoms with Crippen LogP contribution in [0.25, 0.3) is 0 Å². The molecule has 0 aliphatic heterocycles. The molecule has 0 aromatic carbocycles.